The molecule has 1 aromatic carbocycles. The van der Waals surface area contributed by atoms with Gasteiger partial charge >= 0.3 is 19.5 Å². The third kappa shape index (κ3) is 6.98. The van der Waals surface area contributed by atoms with Crippen molar-refractivity contribution in [2.45, 2.75) is 0 Å². The third-order valence-electron chi connectivity index (χ3n) is 3.50. The Balaban J connectivity index is 0.000000265. The number of rotatable bonds is 6. The SMILES string of the molecule is NCCN(CC(=O)[O-])CC(=O)[O-].[Zn+2].c1cnc2c(c1)ccc1cccnc12. The van der Waals surface area contributed by atoms with Crippen molar-refractivity contribution in [2.75, 3.05) is 26.2 Å². The molecule has 2 aromatic heterocycles. The predicted octanol–water partition coefficient (Wildman–Crippen LogP) is -1.47. The number of aromatic nitrogens is 2. The van der Waals surface area contributed by atoms with Gasteiger partial charge in [-0.05, 0) is 12.1 Å². The van der Waals surface area contributed by atoms with E-state index in [1.165, 1.54) is 0 Å². The normalized spacial score (nSPS) is 10.1. The Bertz CT molecular complexity index is 836. The Morgan fingerprint density at radius 2 is 1.33 bits per heavy atom. The minimum absolute atomic E-state index is 0. The molecule has 8 nitrogen and oxygen atoms in total. The molecule has 0 fully saturated rings. The van der Waals surface area contributed by atoms with Crippen molar-refractivity contribution >= 4 is 33.7 Å². The quantitative estimate of drug-likeness (QED) is 0.378. The van der Waals surface area contributed by atoms with E-state index in [9.17, 15) is 19.8 Å². The van der Waals surface area contributed by atoms with E-state index < -0.39 is 25.0 Å². The van der Waals surface area contributed by atoms with Crippen LogP contribution in [0.5, 0.6) is 0 Å². The van der Waals surface area contributed by atoms with E-state index in [1.54, 1.807) is 12.4 Å². The number of aliphatic carboxylic acids is 2. The summed E-state index contributed by atoms with van der Waals surface area (Å²) >= 11 is 0. The van der Waals surface area contributed by atoms with E-state index in [2.05, 4.69) is 34.2 Å². The molecule has 136 valence electrons. The molecule has 0 saturated heterocycles. The first-order valence-electron chi connectivity index (χ1n) is 7.92. The molecule has 3 rings (SSSR count). The molecular weight excluding hydrogens is 402 g/mol. The summed E-state index contributed by atoms with van der Waals surface area (Å²) < 4.78 is 0. The Hall–Kier alpha value is -2.48. The summed E-state index contributed by atoms with van der Waals surface area (Å²) in [5.41, 5.74) is 7.07. The molecule has 2 N–H and O–H groups in total. The van der Waals surface area contributed by atoms with Gasteiger partial charge in [-0.1, -0.05) is 24.3 Å². The Morgan fingerprint density at radius 1 is 0.889 bits per heavy atom. The number of benzene rings is 1. The molecule has 9 heteroatoms. The number of hydrogen-bond donors (Lipinski definition) is 1. The average molecular weight is 420 g/mol. The number of carboxylic acid groups (broad SMARTS) is 2. The van der Waals surface area contributed by atoms with E-state index in [0.717, 1.165) is 26.7 Å². The first-order valence-corrected chi connectivity index (χ1v) is 7.92. The molecule has 0 unspecified atom stereocenters. The van der Waals surface area contributed by atoms with Crippen LogP contribution in [0.25, 0.3) is 21.8 Å². The van der Waals surface area contributed by atoms with Crippen molar-refractivity contribution in [1.29, 1.82) is 0 Å². The minimum atomic E-state index is -1.33. The van der Waals surface area contributed by atoms with Gasteiger partial charge in [-0.3, -0.25) is 14.9 Å². The zero-order chi connectivity index (χ0) is 18.9. The molecule has 0 aliphatic rings. The van der Waals surface area contributed by atoms with Crippen molar-refractivity contribution in [3.8, 4) is 0 Å². The third-order valence-corrected chi connectivity index (χ3v) is 3.50. The van der Waals surface area contributed by atoms with Crippen molar-refractivity contribution in [1.82, 2.24) is 14.9 Å². The van der Waals surface area contributed by atoms with E-state index in [-0.39, 0.29) is 32.6 Å². The molecule has 2 heterocycles. The maximum absolute atomic E-state index is 10.1. The molecule has 27 heavy (non-hydrogen) atoms. The van der Waals surface area contributed by atoms with E-state index in [4.69, 9.17) is 5.73 Å². The van der Waals surface area contributed by atoms with Crippen LogP contribution in [0.15, 0.2) is 48.8 Å². The molecule has 0 aliphatic carbocycles. The Kier molecular flexibility index (Phi) is 9.43. The van der Waals surface area contributed by atoms with Crippen molar-refractivity contribution < 1.29 is 39.3 Å². The van der Waals surface area contributed by atoms with Crippen LogP contribution in [-0.4, -0.2) is 53.0 Å². The molecule has 0 atom stereocenters. The Labute approximate surface area is 168 Å². The number of nitrogens with zero attached hydrogens (tertiary/aromatic N) is 3. The molecule has 0 saturated carbocycles. The first kappa shape index (κ1) is 22.6. The second-order valence-corrected chi connectivity index (χ2v) is 5.46. The van der Waals surface area contributed by atoms with Crippen LogP contribution in [0.2, 0.25) is 0 Å². The first-order chi connectivity index (χ1) is 12.5. The van der Waals surface area contributed by atoms with Gasteiger partial charge in [-0.25, -0.2) is 0 Å². The summed E-state index contributed by atoms with van der Waals surface area (Å²) in [6.45, 7) is -0.487. The van der Waals surface area contributed by atoms with Gasteiger partial charge in [-0.15, -0.1) is 0 Å². The fraction of sp³-hybridized carbons (Fsp3) is 0.222. The maximum Gasteiger partial charge on any atom is 2.00 e. The fourth-order valence-electron chi connectivity index (χ4n) is 2.44. The molecule has 3 aromatic rings. The van der Waals surface area contributed by atoms with Crippen LogP contribution >= 0.6 is 0 Å². The summed E-state index contributed by atoms with van der Waals surface area (Å²) in [6.07, 6.45) is 3.60. The summed E-state index contributed by atoms with van der Waals surface area (Å²) in [4.78, 5) is 29.9. The van der Waals surface area contributed by atoms with E-state index >= 15 is 0 Å². The van der Waals surface area contributed by atoms with Crippen LogP contribution in [0, 0.1) is 0 Å². The van der Waals surface area contributed by atoms with Crippen LogP contribution in [0.1, 0.15) is 0 Å². The van der Waals surface area contributed by atoms with Crippen LogP contribution in [0.3, 0.4) is 0 Å². The molecule has 0 spiro atoms. The Morgan fingerprint density at radius 3 is 1.70 bits per heavy atom. The zero-order valence-corrected chi connectivity index (χ0v) is 17.7. The van der Waals surface area contributed by atoms with Crippen molar-refractivity contribution in [3.05, 3.63) is 48.8 Å². The van der Waals surface area contributed by atoms with Gasteiger partial charge in [0, 0.05) is 49.3 Å². The topological polar surface area (TPSA) is 135 Å². The maximum atomic E-state index is 10.1. The zero-order valence-electron chi connectivity index (χ0n) is 14.7. The number of carbonyl (C=O) groups excluding carboxylic acids is 2. The van der Waals surface area contributed by atoms with Gasteiger partial charge < -0.3 is 25.5 Å². The van der Waals surface area contributed by atoms with Gasteiger partial charge in [0.25, 0.3) is 0 Å². The van der Waals surface area contributed by atoms with E-state index in [1.807, 2.05) is 12.1 Å². The predicted molar refractivity (Wildman–Crippen MR) is 92.6 cm³/mol. The molecule has 0 radical (unpaired) electrons. The smallest absolute Gasteiger partial charge is 0.549 e. The summed E-state index contributed by atoms with van der Waals surface area (Å²) in [7, 11) is 0. The number of carboxylic acids is 2. The molecule has 0 aliphatic heterocycles. The van der Waals surface area contributed by atoms with Crippen molar-refractivity contribution in [2.24, 2.45) is 5.73 Å². The average Bonchev–Trinajstić information content (AvgIpc) is 2.61. The van der Waals surface area contributed by atoms with Crippen LogP contribution in [-0.2, 0) is 29.1 Å². The summed E-state index contributed by atoms with van der Waals surface area (Å²) in [5, 5.41) is 22.4. The van der Waals surface area contributed by atoms with Gasteiger partial charge in [0.1, 0.15) is 0 Å². The minimum Gasteiger partial charge on any atom is -0.549 e. The summed E-state index contributed by atoms with van der Waals surface area (Å²) in [6, 6.07) is 12.1. The number of nitrogens with two attached hydrogens (primary N) is 1. The molecule has 0 amide bonds. The molecule has 0 bridgehead atoms. The summed E-state index contributed by atoms with van der Waals surface area (Å²) in [5.74, 6) is -2.66. The van der Waals surface area contributed by atoms with Gasteiger partial charge in [0.05, 0.1) is 23.0 Å². The monoisotopic (exact) mass is 418 g/mol. The van der Waals surface area contributed by atoms with E-state index in [0.29, 0.717) is 0 Å². The van der Waals surface area contributed by atoms with Gasteiger partial charge in [0.15, 0.2) is 0 Å². The largest absolute Gasteiger partial charge is 2.00 e. The second-order valence-electron chi connectivity index (χ2n) is 5.46. The standard InChI is InChI=1S/C12H8N2.C6H12N2O4.Zn/c1-3-9-5-6-10-4-2-8-14-12(10)11(9)13-7-1;7-1-2-8(3-5(9)10)4-6(11)12;/h1-8H;1-4,7H2,(H,9,10)(H,11,12);/q;;+2/p-2. The second kappa shape index (κ2) is 11.3. The number of fused-ring (bicyclic) bond motifs is 3. The van der Waals surface area contributed by atoms with Gasteiger partial charge in [0.2, 0.25) is 0 Å². The number of pyridine rings is 2. The van der Waals surface area contributed by atoms with Crippen LogP contribution < -0.4 is 15.9 Å². The van der Waals surface area contributed by atoms with Crippen LogP contribution in [0.4, 0.5) is 0 Å². The molecular formula is C18H18N4O4Zn. The van der Waals surface area contributed by atoms with Gasteiger partial charge in [-0.2, -0.15) is 0 Å². The fourth-order valence-corrected chi connectivity index (χ4v) is 2.44. The number of carbonyl (C=O) groups is 2. The number of hydrogen-bond acceptors (Lipinski definition) is 8. The van der Waals surface area contributed by atoms with Crippen molar-refractivity contribution in [3.63, 3.8) is 0 Å².